The Kier molecular flexibility index (Phi) is 3.64. The Morgan fingerprint density at radius 2 is 2.14 bits per heavy atom. The summed E-state index contributed by atoms with van der Waals surface area (Å²) in [4.78, 5) is 21.0. The van der Waals surface area contributed by atoms with Crippen molar-refractivity contribution in [3.8, 4) is 5.69 Å². The van der Waals surface area contributed by atoms with Crippen LogP contribution in [0.4, 0.5) is 4.39 Å². The average molecular weight is 319 g/mol. The number of nitrogens with zero attached hydrogens (tertiary/aromatic N) is 3. The molecule has 112 valence electrons. The van der Waals surface area contributed by atoms with E-state index in [1.165, 1.54) is 22.9 Å². The molecule has 0 radical (unpaired) electrons. The molecule has 0 spiro atoms. The van der Waals surface area contributed by atoms with Gasteiger partial charge >= 0.3 is 0 Å². The Hall–Kier alpha value is -2.31. The summed E-state index contributed by atoms with van der Waals surface area (Å²) in [7, 11) is 0. The van der Waals surface area contributed by atoms with Crippen molar-refractivity contribution in [2.24, 2.45) is 5.73 Å². The van der Waals surface area contributed by atoms with Crippen molar-refractivity contribution < 1.29 is 4.39 Å². The van der Waals surface area contributed by atoms with Crippen molar-refractivity contribution in [1.82, 2.24) is 14.5 Å². The number of pyridine rings is 1. The van der Waals surface area contributed by atoms with E-state index < -0.39 is 17.4 Å². The van der Waals surface area contributed by atoms with Crippen molar-refractivity contribution in [3.63, 3.8) is 0 Å². The Balaban J connectivity index is 2.51. The zero-order valence-corrected chi connectivity index (χ0v) is 12.4. The molecule has 0 aliphatic carbocycles. The van der Waals surface area contributed by atoms with E-state index in [9.17, 15) is 9.18 Å². The second-order valence-corrected chi connectivity index (χ2v) is 5.27. The summed E-state index contributed by atoms with van der Waals surface area (Å²) in [5, 5.41) is 0.165. The van der Waals surface area contributed by atoms with Crippen molar-refractivity contribution in [3.05, 3.63) is 63.7 Å². The minimum Gasteiger partial charge on any atom is -0.322 e. The fourth-order valence-electron chi connectivity index (χ4n) is 2.28. The normalized spacial score (nSPS) is 12.5. The fraction of sp³-hybridized carbons (Fsp3) is 0.133. The van der Waals surface area contributed by atoms with Crippen LogP contribution in [0.25, 0.3) is 16.6 Å². The van der Waals surface area contributed by atoms with E-state index in [0.717, 1.165) is 0 Å². The first-order chi connectivity index (χ1) is 10.5. The fourth-order valence-corrected chi connectivity index (χ4v) is 2.51. The topological polar surface area (TPSA) is 73.8 Å². The molecule has 1 atom stereocenters. The molecule has 5 nitrogen and oxygen atoms in total. The van der Waals surface area contributed by atoms with Crippen LogP contribution < -0.4 is 11.3 Å². The molecule has 0 aliphatic rings. The van der Waals surface area contributed by atoms with Crippen LogP contribution in [0.2, 0.25) is 5.02 Å². The van der Waals surface area contributed by atoms with Gasteiger partial charge in [0.25, 0.3) is 5.56 Å². The summed E-state index contributed by atoms with van der Waals surface area (Å²) in [5.74, 6) is -0.372. The molecule has 0 saturated heterocycles. The molecule has 0 bridgehead atoms. The first-order valence-electron chi connectivity index (χ1n) is 6.57. The molecule has 22 heavy (non-hydrogen) atoms. The van der Waals surface area contributed by atoms with Gasteiger partial charge in [-0.2, -0.15) is 0 Å². The molecule has 0 unspecified atom stereocenters. The van der Waals surface area contributed by atoms with E-state index >= 15 is 0 Å². The molecule has 0 fully saturated rings. The molecule has 0 saturated carbocycles. The summed E-state index contributed by atoms with van der Waals surface area (Å²) in [6, 6.07) is 5.32. The number of fused-ring (bicyclic) bond motifs is 1. The second kappa shape index (κ2) is 5.47. The summed E-state index contributed by atoms with van der Waals surface area (Å²) in [6.07, 6.45) is 3.09. The quantitative estimate of drug-likeness (QED) is 0.788. The Morgan fingerprint density at radius 1 is 1.36 bits per heavy atom. The van der Waals surface area contributed by atoms with Gasteiger partial charge in [0.15, 0.2) is 0 Å². The zero-order chi connectivity index (χ0) is 15.9. The summed E-state index contributed by atoms with van der Waals surface area (Å²) in [5.41, 5.74) is 5.84. The molecule has 0 aliphatic heterocycles. The molecule has 7 heteroatoms. The smallest absolute Gasteiger partial charge is 0.267 e. The van der Waals surface area contributed by atoms with Gasteiger partial charge in [-0.3, -0.25) is 14.3 Å². The number of hydrogen-bond acceptors (Lipinski definition) is 4. The minimum absolute atomic E-state index is 0.0231. The van der Waals surface area contributed by atoms with Gasteiger partial charge < -0.3 is 5.73 Å². The van der Waals surface area contributed by atoms with Crippen molar-refractivity contribution in [2.75, 3.05) is 0 Å². The Bertz CT molecular complexity index is 909. The van der Waals surface area contributed by atoms with Crippen molar-refractivity contribution in [2.45, 2.75) is 13.0 Å². The number of nitrogens with two attached hydrogens (primary N) is 1. The third-order valence-electron chi connectivity index (χ3n) is 3.26. The lowest BCUT2D eigenvalue weighted by Gasteiger charge is -2.16. The van der Waals surface area contributed by atoms with Gasteiger partial charge in [0.1, 0.15) is 17.2 Å². The number of hydrogen-bond donors (Lipinski definition) is 1. The number of aromatic nitrogens is 3. The van der Waals surface area contributed by atoms with Gasteiger partial charge in [-0.25, -0.2) is 9.37 Å². The lowest BCUT2D eigenvalue weighted by atomic mass is 10.2. The molecular formula is C15H12ClFN4O. The SMILES string of the molecule is C[C@H](N)c1nc2c(F)ccc(Cl)c2c(=O)n1-c1cccnc1. The van der Waals surface area contributed by atoms with Crippen LogP contribution in [-0.2, 0) is 0 Å². The highest BCUT2D eigenvalue weighted by Gasteiger charge is 2.19. The van der Waals surface area contributed by atoms with E-state index in [1.807, 2.05) is 0 Å². The maximum absolute atomic E-state index is 14.0. The standard InChI is InChI=1S/C15H12ClFN4O/c1-8(18)14-20-13-11(17)5-4-10(16)12(13)15(22)21(14)9-3-2-6-19-7-9/h2-8H,18H2,1H3/t8-/m0/s1. The highest BCUT2D eigenvalue weighted by molar-refractivity contribution is 6.35. The van der Waals surface area contributed by atoms with Crippen LogP contribution in [-0.4, -0.2) is 14.5 Å². The molecule has 2 heterocycles. The lowest BCUT2D eigenvalue weighted by Crippen LogP contribution is -2.28. The van der Waals surface area contributed by atoms with E-state index in [0.29, 0.717) is 5.69 Å². The molecule has 0 amide bonds. The molecule has 2 N–H and O–H groups in total. The third kappa shape index (κ3) is 2.26. The van der Waals surface area contributed by atoms with Gasteiger partial charge in [-0.05, 0) is 31.2 Å². The first-order valence-corrected chi connectivity index (χ1v) is 6.95. The highest BCUT2D eigenvalue weighted by Crippen LogP contribution is 2.24. The van der Waals surface area contributed by atoms with E-state index in [-0.39, 0.29) is 21.7 Å². The largest absolute Gasteiger partial charge is 0.322 e. The van der Waals surface area contributed by atoms with Gasteiger partial charge in [0.05, 0.1) is 28.3 Å². The second-order valence-electron chi connectivity index (χ2n) is 4.86. The van der Waals surface area contributed by atoms with Gasteiger partial charge in [0.2, 0.25) is 0 Å². The monoisotopic (exact) mass is 318 g/mol. The summed E-state index contributed by atoms with van der Waals surface area (Å²) in [6.45, 7) is 1.67. The van der Waals surface area contributed by atoms with Crippen LogP contribution in [0.1, 0.15) is 18.8 Å². The maximum atomic E-state index is 14.0. The van der Waals surface area contributed by atoms with Crippen LogP contribution in [0.15, 0.2) is 41.5 Å². The van der Waals surface area contributed by atoms with Gasteiger partial charge in [-0.1, -0.05) is 11.6 Å². The van der Waals surface area contributed by atoms with Crippen molar-refractivity contribution in [1.29, 1.82) is 0 Å². The van der Waals surface area contributed by atoms with Crippen molar-refractivity contribution >= 4 is 22.5 Å². The van der Waals surface area contributed by atoms with E-state index in [2.05, 4.69) is 9.97 Å². The summed E-state index contributed by atoms with van der Waals surface area (Å²) < 4.78 is 15.3. The zero-order valence-electron chi connectivity index (χ0n) is 11.6. The highest BCUT2D eigenvalue weighted by atomic mass is 35.5. The molecule has 3 rings (SSSR count). The number of rotatable bonds is 2. The Morgan fingerprint density at radius 3 is 2.77 bits per heavy atom. The molecule has 3 aromatic rings. The van der Waals surface area contributed by atoms with Crippen LogP contribution in [0.3, 0.4) is 0 Å². The number of halogens is 2. The Labute approximate surface area is 130 Å². The van der Waals surface area contributed by atoms with Crippen LogP contribution >= 0.6 is 11.6 Å². The third-order valence-corrected chi connectivity index (χ3v) is 3.58. The number of benzene rings is 1. The van der Waals surface area contributed by atoms with E-state index in [4.69, 9.17) is 17.3 Å². The molecule has 2 aromatic heterocycles. The van der Waals surface area contributed by atoms with Gasteiger partial charge in [-0.15, -0.1) is 0 Å². The first kappa shape index (κ1) is 14.6. The maximum Gasteiger partial charge on any atom is 0.267 e. The predicted molar refractivity (Wildman–Crippen MR) is 82.7 cm³/mol. The average Bonchev–Trinajstić information content (AvgIpc) is 2.51. The molecular weight excluding hydrogens is 307 g/mol. The van der Waals surface area contributed by atoms with Gasteiger partial charge in [0, 0.05) is 6.20 Å². The minimum atomic E-state index is -0.614. The van der Waals surface area contributed by atoms with Crippen LogP contribution in [0, 0.1) is 5.82 Å². The lowest BCUT2D eigenvalue weighted by molar-refractivity contribution is 0.630. The molecule has 1 aromatic carbocycles. The van der Waals surface area contributed by atoms with E-state index in [1.54, 1.807) is 25.3 Å². The summed E-state index contributed by atoms with van der Waals surface area (Å²) >= 11 is 6.06. The predicted octanol–water partition coefficient (Wildman–Crippen LogP) is 2.59. The van der Waals surface area contributed by atoms with Crippen LogP contribution in [0.5, 0.6) is 0 Å².